The Labute approximate surface area is 70.0 Å². The summed E-state index contributed by atoms with van der Waals surface area (Å²) in [5.74, 6) is -0.370. The van der Waals surface area contributed by atoms with E-state index in [0.717, 1.165) is 0 Å². The van der Waals surface area contributed by atoms with Crippen LogP contribution >= 0.6 is 15.9 Å². The molecular formula is C6H3BrFN3. The van der Waals surface area contributed by atoms with E-state index >= 15 is 0 Å². The van der Waals surface area contributed by atoms with Crippen molar-refractivity contribution >= 4 is 21.6 Å². The standard InChI is InChI=1S/C6H3BrFN3/c7-6-9-5-4(8)2-1-3-11(5)10-6/h1-3H. The molecule has 0 saturated carbocycles. The van der Waals surface area contributed by atoms with E-state index in [4.69, 9.17) is 0 Å². The third-order valence-corrected chi connectivity index (χ3v) is 1.62. The third-order valence-electron chi connectivity index (χ3n) is 1.29. The minimum Gasteiger partial charge on any atom is -0.217 e. The summed E-state index contributed by atoms with van der Waals surface area (Å²) < 4.78 is 14.6. The summed E-state index contributed by atoms with van der Waals surface area (Å²) in [5, 5.41) is 3.86. The molecule has 0 radical (unpaired) electrons. The second kappa shape index (κ2) is 2.27. The predicted octanol–water partition coefficient (Wildman–Crippen LogP) is 1.63. The number of nitrogens with zero attached hydrogens (tertiary/aromatic N) is 3. The lowest BCUT2D eigenvalue weighted by molar-refractivity contribution is 0.627. The zero-order chi connectivity index (χ0) is 7.84. The Balaban J connectivity index is 2.90. The van der Waals surface area contributed by atoms with E-state index in [1.54, 1.807) is 12.3 Å². The number of aromatic nitrogens is 3. The average molecular weight is 216 g/mol. The number of halogens is 2. The summed E-state index contributed by atoms with van der Waals surface area (Å²) in [7, 11) is 0. The first-order chi connectivity index (χ1) is 5.27. The van der Waals surface area contributed by atoms with Crippen LogP contribution in [0.25, 0.3) is 5.65 Å². The summed E-state index contributed by atoms with van der Waals surface area (Å²) in [5.41, 5.74) is 0.236. The SMILES string of the molecule is Fc1cccn2nc(Br)nc12. The fourth-order valence-electron chi connectivity index (χ4n) is 0.848. The van der Waals surface area contributed by atoms with Crippen molar-refractivity contribution in [1.82, 2.24) is 14.6 Å². The van der Waals surface area contributed by atoms with Crippen molar-refractivity contribution in [1.29, 1.82) is 0 Å². The number of hydrogen-bond acceptors (Lipinski definition) is 2. The van der Waals surface area contributed by atoms with Crippen LogP contribution in [0.15, 0.2) is 23.1 Å². The van der Waals surface area contributed by atoms with E-state index in [2.05, 4.69) is 26.0 Å². The zero-order valence-corrected chi connectivity index (χ0v) is 6.92. The van der Waals surface area contributed by atoms with E-state index in [1.165, 1.54) is 10.6 Å². The van der Waals surface area contributed by atoms with Crippen LogP contribution < -0.4 is 0 Å². The van der Waals surface area contributed by atoms with Gasteiger partial charge in [0.15, 0.2) is 11.5 Å². The summed E-state index contributed by atoms with van der Waals surface area (Å²) >= 11 is 3.05. The molecule has 11 heavy (non-hydrogen) atoms. The Morgan fingerprint density at radius 3 is 3.09 bits per heavy atom. The van der Waals surface area contributed by atoms with Crippen molar-refractivity contribution in [3.05, 3.63) is 28.9 Å². The summed E-state index contributed by atoms with van der Waals surface area (Å²) in [4.78, 5) is 3.81. The monoisotopic (exact) mass is 215 g/mol. The van der Waals surface area contributed by atoms with Crippen LogP contribution in [-0.2, 0) is 0 Å². The normalized spacial score (nSPS) is 10.7. The second-order valence-corrected chi connectivity index (χ2v) is 2.71. The lowest BCUT2D eigenvalue weighted by Gasteiger charge is -1.88. The van der Waals surface area contributed by atoms with E-state index in [9.17, 15) is 4.39 Å². The highest BCUT2D eigenvalue weighted by Crippen LogP contribution is 2.09. The first kappa shape index (κ1) is 6.72. The van der Waals surface area contributed by atoms with Gasteiger partial charge in [0.1, 0.15) is 0 Å². The molecule has 0 unspecified atom stereocenters. The largest absolute Gasteiger partial charge is 0.218 e. The number of fused-ring (bicyclic) bond motifs is 1. The van der Waals surface area contributed by atoms with Gasteiger partial charge in [-0.25, -0.2) is 8.91 Å². The van der Waals surface area contributed by atoms with Gasteiger partial charge in [-0.2, -0.15) is 4.98 Å². The van der Waals surface area contributed by atoms with Crippen molar-refractivity contribution < 1.29 is 4.39 Å². The van der Waals surface area contributed by atoms with E-state index in [-0.39, 0.29) is 11.5 Å². The minimum absolute atomic E-state index is 0.236. The van der Waals surface area contributed by atoms with Gasteiger partial charge in [0.2, 0.25) is 4.73 Å². The summed E-state index contributed by atoms with van der Waals surface area (Å²) in [6.45, 7) is 0. The molecule has 3 nitrogen and oxygen atoms in total. The molecule has 0 saturated heterocycles. The third kappa shape index (κ3) is 1.01. The van der Waals surface area contributed by atoms with Crippen LogP contribution in [0, 0.1) is 5.82 Å². The maximum absolute atomic E-state index is 12.9. The lowest BCUT2D eigenvalue weighted by atomic mass is 10.5. The molecule has 2 rings (SSSR count). The second-order valence-electron chi connectivity index (χ2n) is 2.01. The molecule has 2 aromatic rings. The van der Waals surface area contributed by atoms with Gasteiger partial charge in [-0.3, -0.25) is 0 Å². The van der Waals surface area contributed by atoms with Gasteiger partial charge in [-0.05, 0) is 28.1 Å². The van der Waals surface area contributed by atoms with Crippen molar-refractivity contribution in [3.8, 4) is 0 Å². The van der Waals surface area contributed by atoms with Crippen LogP contribution in [0.1, 0.15) is 0 Å². The Morgan fingerprint density at radius 1 is 1.55 bits per heavy atom. The Hall–Kier alpha value is -0.970. The first-order valence-electron chi connectivity index (χ1n) is 2.94. The fraction of sp³-hybridized carbons (Fsp3) is 0. The van der Waals surface area contributed by atoms with Crippen molar-refractivity contribution in [2.45, 2.75) is 0 Å². The van der Waals surface area contributed by atoms with Crippen molar-refractivity contribution in [2.24, 2.45) is 0 Å². The van der Waals surface area contributed by atoms with Gasteiger partial charge in [0.05, 0.1) is 0 Å². The van der Waals surface area contributed by atoms with Crippen molar-refractivity contribution in [3.63, 3.8) is 0 Å². The topological polar surface area (TPSA) is 30.2 Å². The lowest BCUT2D eigenvalue weighted by Crippen LogP contribution is -1.88. The Kier molecular flexibility index (Phi) is 1.38. The molecule has 0 N–H and O–H groups in total. The highest BCUT2D eigenvalue weighted by Gasteiger charge is 2.03. The molecule has 2 heterocycles. The fourth-order valence-corrected chi connectivity index (χ4v) is 1.19. The predicted molar refractivity (Wildman–Crippen MR) is 40.6 cm³/mol. The van der Waals surface area contributed by atoms with Gasteiger partial charge < -0.3 is 0 Å². The minimum atomic E-state index is -0.370. The van der Waals surface area contributed by atoms with Crippen LogP contribution in [0.5, 0.6) is 0 Å². The van der Waals surface area contributed by atoms with Gasteiger partial charge in [-0.1, -0.05) is 0 Å². The molecule has 0 aliphatic heterocycles. The Bertz CT molecular complexity index is 398. The number of hydrogen-bond donors (Lipinski definition) is 0. The molecule has 0 aliphatic carbocycles. The maximum atomic E-state index is 12.9. The highest BCUT2D eigenvalue weighted by molar-refractivity contribution is 9.10. The molecule has 0 spiro atoms. The Morgan fingerprint density at radius 2 is 2.36 bits per heavy atom. The number of pyridine rings is 1. The van der Waals surface area contributed by atoms with Crippen LogP contribution in [0.4, 0.5) is 4.39 Å². The van der Waals surface area contributed by atoms with Gasteiger partial charge in [0, 0.05) is 6.20 Å². The molecule has 2 aromatic heterocycles. The number of rotatable bonds is 0. The van der Waals surface area contributed by atoms with E-state index in [0.29, 0.717) is 4.73 Å². The molecule has 5 heteroatoms. The quantitative estimate of drug-likeness (QED) is 0.669. The molecule has 0 aliphatic rings. The zero-order valence-electron chi connectivity index (χ0n) is 5.33. The van der Waals surface area contributed by atoms with E-state index < -0.39 is 0 Å². The maximum Gasteiger partial charge on any atom is 0.218 e. The molecule has 56 valence electrons. The van der Waals surface area contributed by atoms with Gasteiger partial charge >= 0.3 is 0 Å². The van der Waals surface area contributed by atoms with Crippen molar-refractivity contribution in [2.75, 3.05) is 0 Å². The van der Waals surface area contributed by atoms with Gasteiger partial charge in [0.25, 0.3) is 0 Å². The molecule has 0 aromatic carbocycles. The molecular weight excluding hydrogens is 213 g/mol. The average Bonchev–Trinajstić information content (AvgIpc) is 2.31. The van der Waals surface area contributed by atoms with Crippen LogP contribution in [0.3, 0.4) is 0 Å². The molecule has 0 amide bonds. The smallest absolute Gasteiger partial charge is 0.217 e. The van der Waals surface area contributed by atoms with Crippen LogP contribution in [-0.4, -0.2) is 14.6 Å². The summed E-state index contributed by atoms with van der Waals surface area (Å²) in [6.07, 6.45) is 1.64. The van der Waals surface area contributed by atoms with Gasteiger partial charge in [-0.15, -0.1) is 5.10 Å². The first-order valence-corrected chi connectivity index (χ1v) is 3.73. The van der Waals surface area contributed by atoms with E-state index in [1.807, 2.05) is 0 Å². The summed E-state index contributed by atoms with van der Waals surface area (Å²) in [6, 6.07) is 2.92. The highest BCUT2D eigenvalue weighted by atomic mass is 79.9. The molecule has 0 atom stereocenters. The molecule has 0 fully saturated rings. The molecule has 0 bridgehead atoms. The van der Waals surface area contributed by atoms with Crippen LogP contribution in [0.2, 0.25) is 0 Å².